The van der Waals surface area contributed by atoms with E-state index < -0.39 is 10.0 Å². The molecule has 1 fully saturated rings. The van der Waals surface area contributed by atoms with Gasteiger partial charge in [-0.15, -0.1) is 0 Å². The number of anilines is 2. The third kappa shape index (κ3) is 4.69. The highest BCUT2D eigenvalue weighted by atomic mass is 32.2. The molecule has 1 aromatic rings. The molecule has 3 rings (SSSR count). The van der Waals surface area contributed by atoms with Crippen LogP contribution in [0.25, 0.3) is 0 Å². The number of hydrogen-bond donors (Lipinski definition) is 2. The molecule has 0 unspecified atom stereocenters. The topological polar surface area (TPSA) is 78.5 Å². The van der Waals surface area contributed by atoms with Crippen LogP contribution in [0.15, 0.2) is 18.2 Å². The van der Waals surface area contributed by atoms with Crippen molar-refractivity contribution >= 4 is 27.3 Å². The van der Waals surface area contributed by atoms with Gasteiger partial charge in [0.2, 0.25) is 15.9 Å². The summed E-state index contributed by atoms with van der Waals surface area (Å²) in [6.07, 6.45) is 7.55. The lowest BCUT2D eigenvalue weighted by atomic mass is 9.86. The number of fused-ring (bicyclic) bond motifs is 1. The van der Waals surface area contributed by atoms with Gasteiger partial charge in [-0.2, -0.15) is 0 Å². The van der Waals surface area contributed by atoms with Crippen LogP contribution in [0.1, 0.15) is 44.6 Å². The molecule has 0 aromatic heterocycles. The lowest BCUT2D eigenvalue weighted by Gasteiger charge is -2.34. The Hall–Kier alpha value is -1.76. The van der Waals surface area contributed by atoms with E-state index in [2.05, 4.69) is 21.9 Å². The number of amides is 1. The molecule has 1 saturated carbocycles. The maximum atomic E-state index is 12.6. The molecule has 1 heterocycles. The molecule has 0 saturated heterocycles. The van der Waals surface area contributed by atoms with Gasteiger partial charge < -0.3 is 10.2 Å². The van der Waals surface area contributed by atoms with Crippen LogP contribution in [0, 0.1) is 5.92 Å². The van der Waals surface area contributed by atoms with E-state index >= 15 is 0 Å². The van der Waals surface area contributed by atoms with Crippen LogP contribution in [-0.2, 0) is 21.2 Å². The van der Waals surface area contributed by atoms with Crippen molar-refractivity contribution in [2.24, 2.45) is 5.92 Å². The van der Waals surface area contributed by atoms with E-state index in [-0.39, 0.29) is 11.9 Å². The highest BCUT2D eigenvalue weighted by Gasteiger charge is 2.26. The van der Waals surface area contributed by atoms with E-state index in [0.717, 1.165) is 43.3 Å². The predicted octanol–water partition coefficient (Wildman–Crippen LogP) is 2.51. The average Bonchev–Trinajstić information content (AvgIpc) is 2.56. The van der Waals surface area contributed by atoms with Crippen LogP contribution in [-0.4, -0.2) is 39.7 Å². The SMILES string of the molecule is C[C@@H]1CCCC[C@H]1NC(=O)CN1CCCc2c(NS(C)(=O)=O)cccc21. The highest BCUT2D eigenvalue weighted by molar-refractivity contribution is 7.92. The molecular formula is C19H29N3O3S. The van der Waals surface area contributed by atoms with Crippen molar-refractivity contribution < 1.29 is 13.2 Å². The van der Waals surface area contributed by atoms with Gasteiger partial charge in [-0.25, -0.2) is 8.42 Å². The zero-order chi connectivity index (χ0) is 18.7. The number of nitrogens with zero attached hydrogens (tertiary/aromatic N) is 1. The first-order chi connectivity index (χ1) is 12.3. The average molecular weight is 380 g/mol. The molecule has 1 amide bonds. The minimum absolute atomic E-state index is 0.0538. The van der Waals surface area contributed by atoms with Gasteiger partial charge in [0.05, 0.1) is 18.5 Å². The smallest absolute Gasteiger partial charge is 0.239 e. The number of benzene rings is 1. The van der Waals surface area contributed by atoms with E-state index in [9.17, 15) is 13.2 Å². The summed E-state index contributed by atoms with van der Waals surface area (Å²) in [5, 5.41) is 3.21. The van der Waals surface area contributed by atoms with Gasteiger partial charge >= 0.3 is 0 Å². The quantitative estimate of drug-likeness (QED) is 0.824. The number of carbonyl (C=O) groups is 1. The number of hydrogen-bond acceptors (Lipinski definition) is 4. The number of carbonyl (C=O) groups excluding carboxylic acids is 1. The third-order valence-corrected chi connectivity index (χ3v) is 6.03. The van der Waals surface area contributed by atoms with Crippen LogP contribution >= 0.6 is 0 Å². The van der Waals surface area contributed by atoms with Crippen molar-refractivity contribution in [3.05, 3.63) is 23.8 Å². The fourth-order valence-electron chi connectivity index (χ4n) is 4.12. The summed E-state index contributed by atoms with van der Waals surface area (Å²) in [5.41, 5.74) is 2.55. The predicted molar refractivity (Wildman–Crippen MR) is 105 cm³/mol. The van der Waals surface area contributed by atoms with Crippen molar-refractivity contribution in [2.75, 3.05) is 29.0 Å². The number of rotatable bonds is 5. The van der Waals surface area contributed by atoms with Crippen molar-refractivity contribution in [3.8, 4) is 0 Å². The monoisotopic (exact) mass is 379 g/mol. The minimum atomic E-state index is -3.32. The Bertz CT molecular complexity index is 763. The van der Waals surface area contributed by atoms with E-state index in [1.165, 1.54) is 19.3 Å². The van der Waals surface area contributed by atoms with Gasteiger partial charge in [0.15, 0.2) is 0 Å². The fourth-order valence-corrected chi connectivity index (χ4v) is 4.71. The lowest BCUT2D eigenvalue weighted by molar-refractivity contribution is -0.121. The van der Waals surface area contributed by atoms with E-state index in [4.69, 9.17) is 0 Å². The molecule has 0 radical (unpaired) electrons. The maximum absolute atomic E-state index is 12.6. The summed E-state index contributed by atoms with van der Waals surface area (Å²) in [6, 6.07) is 5.87. The molecule has 0 bridgehead atoms. The van der Waals surface area contributed by atoms with Crippen molar-refractivity contribution in [2.45, 2.75) is 51.5 Å². The van der Waals surface area contributed by atoms with Crippen LogP contribution in [0.5, 0.6) is 0 Å². The fraction of sp³-hybridized carbons (Fsp3) is 0.632. The molecule has 1 aliphatic heterocycles. The Kier molecular flexibility index (Phi) is 5.75. The van der Waals surface area contributed by atoms with Gasteiger partial charge in [0, 0.05) is 18.3 Å². The largest absolute Gasteiger partial charge is 0.362 e. The summed E-state index contributed by atoms with van der Waals surface area (Å²) in [7, 11) is -3.32. The Morgan fingerprint density at radius 3 is 2.73 bits per heavy atom. The number of nitrogens with one attached hydrogen (secondary N) is 2. The van der Waals surface area contributed by atoms with E-state index in [1.54, 1.807) is 6.07 Å². The molecule has 26 heavy (non-hydrogen) atoms. The number of sulfonamides is 1. The van der Waals surface area contributed by atoms with Crippen molar-refractivity contribution in [3.63, 3.8) is 0 Å². The second kappa shape index (κ2) is 7.86. The van der Waals surface area contributed by atoms with Crippen molar-refractivity contribution in [1.29, 1.82) is 0 Å². The van der Waals surface area contributed by atoms with Crippen LogP contribution in [0.3, 0.4) is 0 Å². The van der Waals surface area contributed by atoms with Crippen LogP contribution < -0.4 is 14.9 Å². The van der Waals surface area contributed by atoms with Gasteiger partial charge in [0.25, 0.3) is 0 Å². The standard InChI is InChI=1S/C19H29N3O3S/c1-14-7-3-4-9-16(14)20-19(23)13-22-12-6-8-15-17(21-26(2,24)25)10-5-11-18(15)22/h5,10-11,14,16,21H,3-4,6-9,12-13H2,1-2H3,(H,20,23)/t14-,16-/m1/s1. The molecule has 6 nitrogen and oxygen atoms in total. The van der Waals surface area contributed by atoms with Crippen molar-refractivity contribution in [1.82, 2.24) is 5.32 Å². The Labute approximate surface area is 156 Å². The Morgan fingerprint density at radius 1 is 1.23 bits per heavy atom. The normalized spacial score (nSPS) is 23.2. The minimum Gasteiger partial charge on any atom is -0.362 e. The summed E-state index contributed by atoms with van der Waals surface area (Å²) in [6.45, 7) is 3.34. The van der Waals surface area contributed by atoms with Gasteiger partial charge in [-0.3, -0.25) is 9.52 Å². The molecule has 144 valence electrons. The Balaban J connectivity index is 1.71. The Morgan fingerprint density at radius 2 is 2.00 bits per heavy atom. The first kappa shape index (κ1) is 19.0. The first-order valence-corrected chi connectivity index (χ1v) is 11.4. The second-order valence-corrected chi connectivity index (χ2v) is 9.39. The first-order valence-electron chi connectivity index (χ1n) is 9.47. The summed E-state index contributed by atoms with van der Waals surface area (Å²) in [4.78, 5) is 14.6. The summed E-state index contributed by atoms with van der Waals surface area (Å²) < 4.78 is 25.8. The van der Waals surface area contributed by atoms with Gasteiger partial charge in [-0.1, -0.05) is 25.8 Å². The lowest BCUT2D eigenvalue weighted by Crippen LogP contribution is -2.46. The van der Waals surface area contributed by atoms with Gasteiger partial charge in [-0.05, 0) is 49.3 Å². The molecule has 2 aliphatic rings. The molecule has 0 spiro atoms. The van der Waals surface area contributed by atoms with E-state index in [1.807, 2.05) is 12.1 Å². The third-order valence-electron chi connectivity index (χ3n) is 5.43. The summed E-state index contributed by atoms with van der Waals surface area (Å²) in [5.74, 6) is 0.588. The van der Waals surface area contributed by atoms with Crippen LogP contribution in [0.2, 0.25) is 0 Å². The maximum Gasteiger partial charge on any atom is 0.239 e. The van der Waals surface area contributed by atoms with Gasteiger partial charge in [0.1, 0.15) is 0 Å². The second-order valence-electron chi connectivity index (χ2n) is 7.64. The molecule has 1 aliphatic carbocycles. The molecular weight excluding hydrogens is 350 g/mol. The zero-order valence-corrected chi connectivity index (χ0v) is 16.4. The molecule has 7 heteroatoms. The summed E-state index contributed by atoms with van der Waals surface area (Å²) >= 11 is 0. The highest BCUT2D eigenvalue weighted by Crippen LogP contribution is 2.33. The zero-order valence-electron chi connectivity index (χ0n) is 15.6. The molecule has 2 atom stereocenters. The molecule has 1 aromatic carbocycles. The van der Waals surface area contributed by atoms with E-state index in [0.29, 0.717) is 18.2 Å². The van der Waals surface area contributed by atoms with Crippen LogP contribution in [0.4, 0.5) is 11.4 Å². The molecule has 2 N–H and O–H groups in total.